The number of hydrogen-bond donors (Lipinski definition) is 1. The van der Waals surface area contributed by atoms with Crippen molar-refractivity contribution in [1.82, 2.24) is 15.1 Å². The second-order valence-electron chi connectivity index (χ2n) is 5.01. The molecule has 0 amide bonds. The molecule has 4 nitrogen and oxygen atoms in total. The zero-order valence-corrected chi connectivity index (χ0v) is 12.8. The van der Waals surface area contributed by atoms with Gasteiger partial charge in [0.05, 0.1) is 6.20 Å². The summed E-state index contributed by atoms with van der Waals surface area (Å²) >= 11 is 0. The number of terminal acetylenes is 1. The fourth-order valence-electron chi connectivity index (χ4n) is 2.22. The minimum atomic E-state index is 0.222. The number of nitrogens with one attached hydrogen (secondary N) is 1. The molecule has 1 N–H and O–H groups in total. The Hall–Kier alpha value is -2.25. The maximum atomic E-state index is 5.56. The van der Waals surface area contributed by atoms with Crippen molar-refractivity contribution in [3.8, 4) is 18.1 Å². The summed E-state index contributed by atoms with van der Waals surface area (Å²) in [5.41, 5.74) is 3.48. The minimum absolute atomic E-state index is 0.222. The fourth-order valence-corrected chi connectivity index (χ4v) is 2.22. The first kappa shape index (κ1) is 15.1. The van der Waals surface area contributed by atoms with Gasteiger partial charge in [0.25, 0.3) is 0 Å². The largest absolute Gasteiger partial charge is 0.481 e. The topological polar surface area (TPSA) is 39.1 Å². The van der Waals surface area contributed by atoms with E-state index in [1.807, 2.05) is 42.2 Å². The molecular formula is C17H21N3O. The van der Waals surface area contributed by atoms with Gasteiger partial charge in [0.2, 0.25) is 0 Å². The molecular weight excluding hydrogens is 262 g/mol. The lowest BCUT2D eigenvalue weighted by atomic mass is 10.1. The van der Waals surface area contributed by atoms with Crippen LogP contribution in [0.3, 0.4) is 0 Å². The molecule has 0 fully saturated rings. The lowest BCUT2D eigenvalue weighted by molar-refractivity contribution is 0.364. The third-order valence-electron chi connectivity index (χ3n) is 3.62. The van der Waals surface area contributed by atoms with E-state index in [2.05, 4.69) is 30.2 Å². The Kier molecular flexibility index (Phi) is 5.02. The van der Waals surface area contributed by atoms with Crippen molar-refractivity contribution in [2.45, 2.75) is 26.4 Å². The zero-order chi connectivity index (χ0) is 15.2. The number of para-hydroxylation sites is 1. The minimum Gasteiger partial charge on any atom is -0.481 e. The summed E-state index contributed by atoms with van der Waals surface area (Å²) in [4.78, 5) is 0. The summed E-state index contributed by atoms with van der Waals surface area (Å²) < 4.78 is 7.45. The molecule has 0 bridgehead atoms. The quantitative estimate of drug-likeness (QED) is 0.828. The Balaban J connectivity index is 2.03. The summed E-state index contributed by atoms with van der Waals surface area (Å²) in [6.07, 6.45) is 7.15. The van der Waals surface area contributed by atoms with Crippen LogP contribution in [0.5, 0.6) is 5.75 Å². The van der Waals surface area contributed by atoms with E-state index in [0.717, 1.165) is 17.9 Å². The lowest BCUT2D eigenvalue weighted by Gasteiger charge is -2.15. The van der Waals surface area contributed by atoms with Gasteiger partial charge in [0, 0.05) is 36.5 Å². The van der Waals surface area contributed by atoms with Crippen LogP contribution in [0.2, 0.25) is 0 Å². The van der Waals surface area contributed by atoms with Crippen molar-refractivity contribution in [3.63, 3.8) is 0 Å². The van der Waals surface area contributed by atoms with E-state index in [4.69, 9.17) is 11.2 Å². The SMILES string of the molecule is C#CCOc1ccccc1CNC(C)c1cnn(C)c1C. The molecule has 21 heavy (non-hydrogen) atoms. The second kappa shape index (κ2) is 6.96. The molecule has 0 radical (unpaired) electrons. The van der Waals surface area contributed by atoms with Crippen LogP contribution in [-0.2, 0) is 13.6 Å². The third-order valence-corrected chi connectivity index (χ3v) is 3.62. The maximum absolute atomic E-state index is 5.56. The number of hydrogen-bond acceptors (Lipinski definition) is 3. The van der Waals surface area contributed by atoms with E-state index in [1.54, 1.807) is 0 Å². The number of aromatic nitrogens is 2. The molecule has 2 rings (SSSR count). The summed E-state index contributed by atoms with van der Waals surface area (Å²) in [7, 11) is 1.95. The van der Waals surface area contributed by atoms with Gasteiger partial charge in [-0.1, -0.05) is 24.1 Å². The summed E-state index contributed by atoms with van der Waals surface area (Å²) in [6.45, 7) is 5.21. The summed E-state index contributed by atoms with van der Waals surface area (Å²) in [5.74, 6) is 3.32. The highest BCUT2D eigenvalue weighted by atomic mass is 16.5. The van der Waals surface area contributed by atoms with Gasteiger partial charge in [-0.2, -0.15) is 5.10 Å². The van der Waals surface area contributed by atoms with Gasteiger partial charge in [0.1, 0.15) is 12.4 Å². The molecule has 4 heteroatoms. The van der Waals surface area contributed by atoms with Gasteiger partial charge in [-0.15, -0.1) is 6.42 Å². The average molecular weight is 283 g/mol. The van der Waals surface area contributed by atoms with Crippen LogP contribution in [0.1, 0.15) is 29.8 Å². The van der Waals surface area contributed by atoms with Crippen LogP contribution in [-0.4, -0.2) is 16.4 Å². The predicted molar refractivity (Wildman–Crippen MR) is 84.0 cm³/mol. The Labute approximate surface area is 126 Å². The van der Waals surface area contributed by atoms with E-state index in [1.165, 1.54) is 11.3 Å². The normalized spacial score (nSPS) is 11.9. The summed E-state index contributed by atoms with van der Waals surface area (Å²) in [6, 6.07) is 8.15. The molecule has 110 valence electrons. The molecule has 0 aliphatic carbocycles. The van der Waals surface area contributed by atoms with E-state index < -0.39 is 0 Å². The predicted octanol–water partition coefficient (Wildman–Crippen LogP) is 2.59. The number of rotatable bonds is 6. The maximum Gasteiger partial charge on any atom is 0.148 e. The highest BCUT2D eigenvalue weighted by Crippen LogP contribution is 2.20. The molecule has 0 saturated heterocycles. The third kappa shape index (κ3) is 3.65. The van der Waals surface area contributed by atoms with Crippen molar-refractivity contribution in [2.75, 3.05) is 6.61 Å². The lowest BCUT2D eigenvalue weighted by Crippen LogP contribution is -2.19. The van der Waals surface area contributed by atoms with E-state index in [9.17, 15) is 0 Å². The van der Waals surface area contributed by atoms with Crippen LogP contribution in [0, 0.1) is 19.3 Å². The summed E-state index contributed by atoms with van der Waals surface area (Å²) in [5, 5.41) is 7.78. The zero-order valence-electron chi connectivity index (χ0n) is 12.8. The van der Waals surface area contributed by atoms with Gasteiger partial charge < -0.3 is 10.1 Å². The molecule has 1 heterocycles. The van der Waals surface area contributed by atoms with Crippen molar-refractivity contribution in [2.24, 2.45) is 7.05 Å². The van der Waals surface area contributed by atoms with Crippen LogP contribution in [0.15, 0.2) is 30.5 Å². The number of benzene rings is 1. The van der Waals surface area contributed by atoms with E-state index in [-0.39, 0.29) is 12.6 Å². The standard InChI is InChI=1S/C17H21N3O/c1-5-10-21-17-9-7-6-8-15(17)11-18-13(2)16-12-19-20(4)14(16)3/h1,6-9,12-13,18H,10-11H2,2-4H3. The Morgan fingerprint density at radius 1 is 1.43 bits per heavy atom. The molecule has 0 spiro atoms. The molecule has 1 aromatic heterocycles. The molecule has 0 aliphatic heterocycles. The second-order valence-corrected chi connectivity index (χ2v) is 5.01. The molecule has 0 saturated carbocycles. The first-order valence-electron chi connectivity index (χ1n) is 6.99. The Morgan fingerprint density at radius 2 is 2.19 bits per heavy atom. The van der Waals surface area contributed by atoms with Crippen molar-refractivity contribution in [3.05, 3.63) is 47.3 Å². The monoisotopic (exact) mass is 283 g/mol. The Bertz CT molecular complexity index is 640. The van der Waals surface area contributed by atoms with Crippen molar-refractivity contribution >= 4 is 0 Å². The van der Waals surface area contributed by atoms with Crippen LogP contribution in [0.4, 0.5) is 0 Å². The average Bonchev–Trinajstić information content (AvgIpc) is 2.83. The van der Waals surface area contributed by atoms with Crippen molar-refractivity contribution in [1.29, 1.82) is 0 Å². The van der Waals surface area contributed by atoms with E-state index >= 15 is 0 Å². The first-order valence-corrected chi connectivity index (χ1v) is 6.99. The molecule has 1 atom stereocenters. The van der Waals surface area contributed by atoms with Crippen LogP contribution in [0.25, 0.3) is 0 Å². The van der Waals surface area contributed by atoms with Gasteiger partial charge in [-0.25, -0.2) is 0 Å². The first-order chi connectivity index (χ1) is 10.1. The highest BCUT2D eigenvalue weighted by molar-refractivity contribution is 5.33. The van der Waals surface area contributed by atoms with Gasteiger partial charge in [-0.3, -0.25) is 4.68 Å². The number of nitrogens with zero attached hydrogens (tertiary/aromatic N) is 2. The highest BCUT2D eigenvalue weighted by Gasteiger charge is 2.12. The molecule has 2 aromatic rings. The number of aryl methyl sites for hydroxylation is 1. The van der Waals surface area contributed by atoms with Gasteiger partial charge in [0.15, 0.2) is 0 Å². The molecule has 1 unspecified atom stereocenters. The molecule has 0 aliphatic rings. The van der Waals surface area contributed by atoms with E-state index in [0.29, 0.717) is 0 Å². The number of ether oxygens (including phenoxy) is 1. The van der Waals surface area contributed by atoms with Crippen LogP contribution >= 0.6 is 0 Å². The molecule has 1 aromatic carbocycles. The van der Waals surface area contributed by atoms with Crippen molar-refractivity contribution < 1.29 is 4.74 Å². The van der Waals surface area contributed by atoms with Gasteiger partial charge >= 0.3 is 0 Å². The fraction of sp³-hybridized carbons (Fsp3) is 0.353. The smallest absolute Gasteiger partial charge is 0.148 e. The van der Waals surface area contributed by atoms with Crippen LogP contribution < -0.4 is 10.1 Å². The van der Waals surface area contributed by atoms with Gasteiger partial charge in [-0.05, 0) is 19.9 Å². The Morgan fingerprint density at radius 3 is 2.86 bits per heavy atom.